The molecule has 0 bridgehead atoms. The molecular weight excluding hydrogens is 306 g/mol. The number of rotatable bonds is 2. The lowest BCUT2D eigenvalue weighted by atomic mass is 10.2. The molecule has 0 atom stereocenters. The van der Waals surface area contributed by atoms with Gasteiger partial charge >= 0.3 is 11.8 Å². The van der Waals surface area contributed by atoms with Crippen molar-refractivity contribution in [3.8, 4) is 0 Å². The monoisotopic (exact) mass is 325 g/mol. The predicted octanol–water partition coefficient (Wildman–Crippen LogP) is 1.07. The van der Waals surface area contributed by atoms with Gasteiger partial charge < -0.3 is 15.1 Å². The summed E-state index contributed by atoms with van der Waals surface area (Å²) in [6, 6.07) is 9.10. The Labute approximate surface area is 140 Å². The smallest absolute Gasteiger partial charge is 0.313 e. The molecule has 1 N–H and O–H groups in total. The van der Waals surface area contributed by atoms with Crippen molar-refractivity contribution in [1.29, 1.82) is 0 Å². The molecule has 7 heteroatoms. The maximum Gasteiger partial charge on any atom is 0.313 e. The number of carbonyl (C=O) groups is 2. The van der Waals surface area contributed by atoms with E-state index in [0.717, 1.165) is 5.56 Å². The maximum atomic E-state index is 12.3. The first-order valence-corrected chi connectivity index (χ1v) is 7.82. The minimum atomic E-state index is -0.608. The van der Waals surface area contributed by atoms with Gasteiger partial charge in [0.05, 0.1) is 0 Å². The third-order valence-electron chi connectivity index (χ3n) is 3.91. The lowest BCUT2D eigenvalue weighted by Crippen LogP contribution is -2.52. The average Bonchev–Trinajstić information content (AvgIpc) is 2.64. The fourth-order valence-electron chi connectivity index (χ4n) is 2.53. The van der Waals surface area contributed by atoms with Gasteiger partial charge in [0, 0.05) is 44.3 Å². The second-order valence-electron chi connectivity index (χ2n) is 5.65. The summed E-state index contributed by atoms with van der Waals surface area (Å²) in [6.45, 7) is 4.12. The van der Waals surface area contributed by atoms with E-state index in [1.165, 1.54) is 0 Å². The third kappa shape index (κ3) is 3.68. The molecule has 3 rings (SSSR count). The van der Waals surface area contributed by atoms with Crippen molar-refractivity contribution >= 4 is 23.5 Å². The van der Waals surface area contributed by atoms with Crippen molar-refractivity contribution in [3.63, 3.8) is 0 Å². The number of hydrogen-bond donors (Lipinski definition) is 1. The molecule has 0 unspecified atom stereocenters. The van der Waals surface area contributed by atoms with Gasteiger partial charge in [-0.05, 0) is 25.1 Å². The second kappa shape index (κ2) is 7.08. The van der Waals surface area contributed by atoms with Gasteiger partial charge in [0.25, 0.3) is 0 Å². The zero-order chi connectivity index (χ0) is 16.9. The van der Waals surface area contributed by atoms with Crippen LogP contribution in [0.5, 0.6) is 0 Å². The van der Waals surface area contributed by atoms with Crippen molar-refractivity contribution in [1.82, 2.24) is 14.9 Å². The highest BCUT2D eigenvalue weighted by molar-refractivity contribution is 6.39. The summed E-state index contributed by atoms with van der Waals surface area (Å²) in [5, 5.41) is 2.64. The first-order valence-electron chi connectivity index (χ1n) is 7.82. The highest BCUT2D eigenvalue weighted by atomic mass is 16.2. The number of aromatic nitrogens is 2. The lowest BCUT2D eigenvalue weighted by molar-refractivity contribution is -0.143. The highest BCUT2D eigenvalue weighted by Crippen LogP contribution is 2.11. The Kier molecular flexibility index (Phi) is 4.69. The SMILES string of the molecule is Cc1ccc(NC(=O)C(=O)N2CCN(c3ncccn3)CC2)cc1. The fourth-order valence-corrected chi connectivity index (χ4v) is 2.53. The molecule has 2 amide bonds. The van der Waals surface area contributed by atoms with Gasteiger partial charge in [-0.25, -0.2) is 9.97 Å². The average molecular weight is 325 g/mol. The number of hydrogen-bond acceptors (Lipinski definition) is 5. The van der Waals surface area contributed by atoms with Gasteiger partial charge in [0.15, 0.2) is 0 Å². The Balaban J connectivity index is 1.54. The predicted molar refractivity (Wildman–Crippen MR) is 90.6 cm³/mol. The lowest BCUT2D eigenvalue weighted by Gasteiger charge is -2.34. The zero-order valence-corrected chi connectivity index (χ0v) is 13.5. The number of amides is 2. The molecule has 1 aromatic carbocycles. The largest absolute Gasteiger partial charge is 0.337 e. The van der Waals surface area contributed by atoms with Crippen molar-refractivity contribution < 1.29 is 9.59 Å². The first-order chi connectivity index (χ1) is 11.6. The number of piperazine rings is 1. The van der Waals surface area contributed by atoms with Crippen LogP contribution in [0.2, 0.25) is 0 Å². The molecule has 0 spiro atoms. The molecular formula is C17H19N5O2. The van der Waals surface area contributed by atoms with Gasteiger partial charge in [-0.1, -0.05) is 17.7 Å². The number of carbonyl (C=O) groups excluding carboxylic acids is 2. The summed E-state index contributed by atoms with van der Waals surface area (Å²) in [6.07, 6.45) is 3.38. The molecule has 0 radical (unpaired) electrons. The van der Waals surface area contributed by atoms with Crippen molar-refractivity contribution in [3.05, 3.63) is 48.3 Å². The van der Waals surface area contributed by atoms with Crippen LogP contribution in [-0.4, -0.2) is 52.9 Å². The normalized spacial score (nSPS) is 14.4. The number of nitrogens with one attached hydrogen (secondary N) is 1. The fraction of sp³-hybridized carbons (Fsp3) is 0.294. The summed E-state index contributed by atoms with van der Waals surface area (Å²) < 4.78 is 0. The molecule has 0 saturated carbocycles. The quantitative estimate of drug-likeness (QED) is 0.836. The summed E-state index contributed by atoms with van der Waals surface area (Å²) in [7, 11) is 0. The van der Waals surface area contributed by atoms with E-state index in [4.69, 9.17) is 0 Å². The van der Waals surface area contributed by atoms with E-state index in [9.17, 15) is 9.59 Å². The molecule has 1 aromatic heterocycles. The van der Waals surface area contributed by atoms with Gasteiger partial charge in [0.1, 0.15) is 0 Å². The number of aryl methyl sites for hydroxylation is 1. The Morgan fingerprint density at radius 1 is 1.00 bits per heavy atom. The van der Waals surface area contributed by atoms with Gasteiger partial charge in [-0.15, -0.1) is 0 Å². The summed E-state index contributed by atoms with van der Waals surface area (Å²) in [4.78, 5) is 36.3. The van der Waals surface area contributed by atoms with Crippen LogP contribution < -0.4 is 10.2 Å². The Bertz CT molecular complexity index is 710. The van der Waals surface area contributed by atoms with Crippen LogP contribution in [0.3, 0.4) is 0 Å². The van der Waals surface area contributed by atoms with Gasteiger partial charge in [-0.2, -0.15) is 0 Å². The first kappa shape index (κ1) is 15.9. The molecule has 124 valence electrons. The Hall–Kier alpha value is -2.96. The third-order valence-corrected chi connectivity index (χ3v) is 3.91. The maximum absolute atomic E-state index is 12.3. The van der Waals surface area contributed by atoms with E-state index in [2.05, 4.69) is 15.3 Å². The second-order valence-corrected chi connectivity index (χ2v) is 5.65. The van der Waals surface area contributed by atoms with Crippen LogP contribution in [0.25, 0.3) is 0 Å². The van der Waals surface area contributed by atoms with Crippen LogP contribution in [-0.2, 0) is 9.59 Å². The van der Waals surface area contributed by atoms with Gasteiger partial charge in [0.2, 0.25) is 5.95 Å². The topological polar surface area (TPSA) is 78.4 Å². The minimum absolute atomic E-state index is 0.471. The molecule has 1 saturated heterocycles. The minimum Gasteiger partial charge on any atom is -0.337 e. The number of nitrogens with zero attached hydrogens (tertiary/aromatic N) is 4. The summed E-state index contributed by atoms with van der Waals surface area (Å²) >= 11 is 0. The van der Waals surface area contributed by atoms with E-state index in [1.807, 2.05) is 24.0 Å². The van der Waals surface area contributed by atoms with Crippen LogP contribution >= 0.6 is 0 Å². The van der Waals surface area contributed by atoms with Crippen LogP contribution in [0.1, 0.15) is 5.56 Å². The molecule has 2 aromatic rings. The molecule has 7 nitrogen and oxygen atoms in total. The summed E-state index contributed by atoms with van der Waals surface area (Å²) in [5.74, 6) is -0.471. The van der Waals surface area contributed by atoms with E-state index >= 15 is 0 Å². The zero-order valence-electron chi connectivity index (χ0n) is 13.5. The Morgan fingerprint density at radius 2 is 1.62 bits per heavy atom. The molecule has 1 fully saturated rings. The van der Waals surface area contributed by atoms with E-state index in [-0.39, 0.29) is 0 Å². The van der Waals surface area contributed by atoms with Gasteiger partial charge in [-0.3, -0.25) is 9.59 Å². The van der Waals surface area contributed by atoms with Crippen molar-refractivity contribution in [2.45, 2.75) is 6.92 Å². The molecule has 0 aliphatic carbocycles. The van der Waals surface area contributed by atoms with E-state index in [1.54, 1.807) is 35.5 Å². The molecule has 1 aliphatic rings. The molecule has 1 aliphatic heterocycles. The van der Waals surface area contributed by atoms with Crippen LogP contribution in [0.4, 0.5) is 11.6 Å². The van der Waals surface area contributed by atoms with E-state index in [0.29, 0.717) is 37.8 Å². The van der Waals surface area contributed by atoms with Crippen LogP contribution in [0.15, 0.2) is 42.7 Å². The Morgan fingerprint density at radius 3 is 2.25 bits per heavy atom. The summed E-state index contributed by atoms with van der Waals surface area (Å²) in [5.41, 5.74) is 1.72. The van der Waals surface area contributed by atoms with Crippen LogP contribution in [0, 0.1) is 6.92 Å². The highest BCUT2D eigenvalue weighted by Gasteiger charge is 2.26. The molecule has 2 heterocycles. The van der Waals surface area contributed by atoms with Crippen molar-refractivity contribution in [2.24, 2.45) is 0 Å². The molecule has 24 heavy (non-hydrogen) atoms. The standard InChI is InChI=1S/C17H19N5O2/c1-13-3-5-14(6-4-13)20-15(23)16(24)21-9-11-22(12-10-21)17-18-7-2-8-19-17/h2-8H,9-12H2,1H3,(H,20,23). The number of anilines is 2. The van der Waals surface area contributed by atoms with Crippen molar-refractivity contribution in [2.75, 3.05) is 36.4 Å². The number of benzene rings is 1. The van der Waals surface area contributed by atoms with E-state index < -0.39 is 11.8 Å².